The molecule has 6 atom stereocenters. The summed E-state index contributed by atoms with van der Waals surface area (Å²) >= 11 is 0. The number of carbonyl (C=O) groups excluding carboxylic acids is 4. The summed E-state index contributed by atoms with van der Waals surface area (Å²) in [6, 6.07) is 7.79. The predicted molar refractivity (Wildman–Crippen MR) is 182 cm³/mol. The molecule has 6 unspecified atom stereocenters. The number of allylic oxidation sites excluding steroid dienone is 1. The second-order valence-electron chi connectivity index (χ2n) is 12.5. The molecule has 250 valence electrons. The number of carbonyl (C=O) groups is 4. The van der Waals surface area contributed by atoms with Gasteiger partial charge in [0.2, 0.25) is 17.7 Å². The first-order valence-electron chi connectivity index (χ1n) is 16.1. The van der Waals surface area contributed by atoms with E-state index in [1.54, 1.807) is 19.9 Å². The molecule has 1 saturated heterocycles. The van der Waals surface area contributed by atoms with Gasteiger partial charge in [0.25, 0.3) is 5.91 Å². The number of benzene rings is 2. The number of rotatable bonds is 13. The van der Waals surface area contributed by atoms with Gasteiger partial charge < -0.3 is 20.7 Å². The molecule has 46 heavy (non-hydrogen) atoms. The lowest BCUT2D eigenvalue weighted by molar-refractivity contribution is -0.143. The van der Waals surface area contributed by atoms with E-state index in [0.717, 1.165) is 27.5 Å². The van der Waals surface area contributed by atoms with E-state index in [-0.39, 0.29) is 29.7 Å². The van der Waals surface area contributed by atoms with Crippen molar-refractivity contribution < 1.29 is 23.9 Å². The highest BCUT2D eigenvalue weighted by Crippen LogP contribution is 2.25. The molecule has 2 aromatic rings. The van der Waals surface area contributed by atoms with E-state index in [2.05, 4.69) is 59.1 Å². The summed E-state index contributed by atoms with van der Waals surface area (Å²) in [6.45, 7) is 17.1. The van der Waals surface area contributed by atoms with Crippen molar-refractivity contribution in [2.75, 3.05) is 13.7 Å². The molecule has 0 bridgehead atoms. The Hall–Kier alpha value is -4.02. The fourth-order valence-corrected chi connectivity index (χ4v) is 5.68. The number of hydrazine groups is 1. The van der Waals surface area contributed by atoms with E-state index in [4.69, 9.17) is 4.74 Å². The van der Waals surface area contributed by atoms with Gasteiger partial charge in [-0.1, -0.05) is 63.8 Å². The van der Waals surface area contributed by atoms with Crippen molar-refractivity contribution in [1.82, 2.24) is 26.4 Å². The number of nitrogens with one attached hydrogen (secondary N) is 4. The van der Waals surface area contributed by atoms with Crippen LogP contribution < -0.4 is 21.4 Å². The Kier molecular flexibility index (Phi) is 13.1. The molecule has 2 aromatic carbocycles. The highest BCUT2D eigenvalue weighted by molar-refractivity contribution is 5.93. The molecule has 0 radical (unpaired) electrons. The fraction of sp³-hybridized carbons (Fsp3) is 0.500. The minimum absolute atomic E-state index is 0.207. The summed E-state index contributed by atoms with van der Waals surface area (Å²) in [6.07, 6.45) is 6.21. The van der Waals surface area contributed by atoms with E-state index in [9.17, 15) is 19.2 Å². The fourth-order valence-electron chi connectivity index (χ4n) is 5.68. The third kappa shape index (κ3) is 9.04. The third-order valence-corrected chi connectivity index (χ3v) is 8.63. The first-order chi connectivity index (χ1) is 21.8. The van der Waals surface area contributed by atoms with Crippen molar-refractivity contribution >= 4 is 40.5 Å². The first kappa shape index (κ1) is 36.4. The normalized spacial score (nSPS) is 18.5. The summed E-state index contributed by atoms with van der Waals surface area (Å²) in [5.74, 6) is -2.09. The van der Waals surface area contributed by atoms with E-state index < -0.39 is 36.1 Å². The molecule has 1 aliphatic heterocycles. The van der Waals surface area contributed by atoms with Gasteiger partial charge in [-0.3, -0.25) is 24.2 Å². The minimum Gasteiger partial charge on any atom is -0.377 e. The predicted octanol–water partition coefficient (Wildman–Crippen LogP) is 4.34. The molecule has 10 heteroatoms. The van der Waals surface area contributed by atoms with Crippen LogP contribution in [0.3, 0.4) is 0 Å². The summed E-state index contributed by atoms with van der Waals surface area (Å²) in [5.41, 5.74) is 6.27. The zero-order chi connectivity index (χ0) is 34.1. The maximum atomic E-state index is 13.4. The van der Waals surface area contributed by atoms with Crippen molar-refractivity contribution in [2.24, 2.45) is 11.8 Å². The average Bonchev–Trinajstić information content (AvgIpc) is 3.04. The van der Waals surface area contributed by atoms with Gasteiger partial charge in [-0.15, -0.1) is 0 Å². The number of nitrogens with zero attached hydrogens (tertiary/aromatic N) is 1. The van der Waals surface area contributed by atoms with Crippen molar-refractivity contribution in [3.8, 4) is 0 Å². The highest BCUT2D eigenvalue weighted by atomic mass is 16.5. The number of ether oxygens (including phenoxy) is 1. The standard InChI is InChI=1S/C36H51N5O5/c1-10-13-31(46-9)23(6)33(42)39-32(21(3)4)35(44)38-25(8)36(45)41-17-12-14-30(40-41)34(43)37-24(7)27-15-16-28-18-22(5)26(11-2)19-29(28)20-27/h10-11,13,15-16,18-21,23-25,30-32,40H,2,12,14,17H2,1,3-9H3,(H,37,43)(H,38,44)(H,39,42). The Labute approximate surface area is 273 Å². The topological polar surface area (TPSA) is 129 Å². The van der Waals surface area contributed by atoms with Crippen LogP contribution in [0.4, 0.5) is 0 Å². The minimum atomic E-state index is -0.882. The molecule has 1 heterocycles. The first-order valence-corrected chi connectivity index (χ1v) is 16.1. The Morgan fingerprint density at radius 2 is 1.72 bits per heavy atom. The highest BCUT2D eigenvalue weighted by Gasteiger charge is 2.34. The molecule has 10 nitrogen and oxygen atoms in total. The molecule has 0 spiro atoms. The largest absolute Gasteiger partial charge is 0.377 e. The molecule has 1 fully saturated rings. The van der Waals surface area contributed by atoms with Gasteiger partial charge in [0.1, 0.15) is 18.1 Å². The van der Waals surface area contributed by atoms with Crippen LogP contribution in [-0.4, -0.2) is 66.5 Å². The maximum absolute atomic E-state index is 13.4. The van der Waals surface area contributed by atoms with Crippen LogP contribution in [0.15, 0.2) is 49.1 Å². The Balaban J connectivity index is 1.60. The van der Waals surface area contributed by atoms with E-state index in [1.807, 2.05) is 45.9 Å². The zero-order valence-corrected chi connectivity index (χ0v) is 28.5. The zero-order valence-electron chi connectivity index (χ0n) is 28.5. The molecule has 3 rings (SSSR count). The second kappa shape index (κ2) is 16.5. The molecule has 4 N–H and O–H groups in total. The van der Waals surface area contributed by atoms with Crippen LogP contribution in [-0.2, 0) is 23.9 Å². The maximum Gasteiger partial charge on any atom is 0.258 e. The quantitative estimate of drug-likeness (QED) is 0.243. The van der Waals surface area contributed by atoms with Crippen LogP contribution in [0.2, 0.25) is 0 Å². The second-order valence-corrected chi connectivity index (χ2v) is 12.5. The van der Waals surface area contributed by atoms with Crippen LogP contribution in [0.5, 0.6) is 0 Å². The van der Waals surface area contributed by atoms with Crippen molar-refractivity contribution in [2.45, 2.75) is 91.6 Å². The van der Waals surface area contributed by atoms with Crippen LogP contribution >= 0.6 is 0 Å². The number of fused-ring (bicyclic) bond motifs is 1. The molecule has 4 amide bonds. The number of methoxy groups -OCH3 is 1. The Morgan fingerprint density at radius 3 is 2.35 bits per heavy atom. The SMILES string of the molecule is C=Cc1cc2cc(C(C)NC(=O)C3CCCN(C(=O)C(C)NC(=O)C(NC(=O)C(C)C(C=CC)OC)C(C)C)N3)ccc2cc1C. The Morgan fingerprint density at radius 1 is 1.00 bits per heavy atom. The van der Waals surface area contributed by atoms with Gasteiger partial charge in [0, 0.05) is 13.7 Å². The van der Waals surface area contributed by atoms with E-state index >= 15 is 0 Å². The summed E-state index contributed by atoms with van der Waals surface area (Å²) < 4.78 is 5.40. The molecule has 0 saturated carbocycles. The van der Waals surface area contributed by atoms with Gasteiger partial charge in [0.15, 0.2) is 0 Å². The van der Waals surface area contributed by atoms with Crippen LogP contribution in [0, 0.1) is 18.8 Å². The molecule has 0 aromatic heterocycles. The molecular weight excluding hydrogens is 582 g/mol. The lowest BCUT2D eigenvalue weighted by atomic mass is 9.98. The smallest absolute Gasteiger partial charge is 0.258 e. The lowest BCUT2D eigenvalue weighted by Crippen LogP contribution is -2.62. The third-order valence-electron chi connectivity index (χ3n) is 8.63. The van der Waals surface area contributed by atoms with Crippen molar-refractivity contribution in [1.29, 1.82) is 0 Å². The van der Waals surface area contributed by atoms with Gasteiger partial charge in [-0.05, 0) is 86.1 Å². The van der Waals surface area contributed by atoms with Crippen LogP contribution in [0.25, 0.3) is 16.8 Å². The van der Waals surface area contributed by atoms with Gasteiger partial charge in [-0.2, -0.15) is 0 Å². The molecular formula is C36H51N5O5. The number of aryl methyl sites for hydroxylation is 1. The molecule has 1 aliphatic rings. The average molecular weight is 634 g/mol. The monoisotopic (exact) mass is 633 g/mol. The van der Waals surface area contributed by atoms with Crippen molar-refractivity contribution in [3.63, 3.8) is 0 Å². The number of hydrogen-bond donors (Lipinski definition) is 4. The summed E-state index contributed by atoms with van der Waals surface area (Å²) in [4.78, 5) is 52.8. The lowest BCUT2D eigenvalue weighted by Gasteiger charge is -2.35. The van der Waals surface area contributed by atoms with Gasteiger partial charge >= 0.3 is 0 Å². The van der Waals surface area contributed by atoms with Crippen LogP contribution in [0.1, 0.15) is 77.1 Å². The number of amides is 4. The van der Waals surface area contributed by atoms with Gasteiger partial charge in [-0.25, -0.2) is 5.43 Å². The van der Waals surface area contributed by atoms with Crippen molar-refractivity contribution in [3.05, 3.63) is 65.8 Å². The summed E-state index contributed by atoms with van der Waals surface area (Å²) in [5, 5.41) is 12.3. The number of hydrogen-bond acceptors (Lipinski definition) is 6. The Bertz CT molecular complexity index is 1450. The van der Waals surface area contributed by atoms with E-state index in [0.29, 0.717) is 19.4 Å². The molecule has 0 aliphatic carbocycles. The van der Waals surface area contributed by atoms with Gasteiger partial charge in [0.05, 0.1) is 18.1 Å². The van der Waals surface area contributed by atoms with E-state index in [1.165, 1.54) is 12.1 Å². The summed E-state index contributed by atoms with van der Waals surface area (Å²) in [7, 11) is 1.53.